The number of ether oxygens (including phenoxy) is 1. The molecule has 0 saturated heterocycles. The molecule has 44 heavy (non-hydrogen) atoms. The second-order valence-electron chi connectivity index (χ2n) is 12.4. The van der Waals surface area contributed by atoms with Crippen LogP contribution in [-0.2, 0) is 24.4 Å². The number of hydrogen-bond donors (Lipinski definition) is 3. The van der Waals surface area contributed by atoms with Gasteiger partial charge in [-0.3, -0.25) is 4.79 Å². The molecule has 0 bridgehead atoms. The van der Waals surface area contributed by atoms with Crippen molar-refractivity contribution in [2.24, 2.45) is 0 Å². The predicted molar refractivity (Wildman–Crippen MR) is 170 cm³/mol. The van der Waals surface area contributed by atoms with Crippen LogP contribution in [0.3, 0.4) is 0 Å². The van der Waals surface area contributed by atoms with Crippen molar-refractivity contribution in [2.75, 3.05) is 12.4 Å². The van der Waals surface area contributed by atoms with E-state index in [2.05, 4.69) is 28.6 Å². The lowest BCUT2D eigenvalue weighted by atomic mass is 9.87. The van der Waals surface area contributed by atoms with Crippen molar-refractivity contribution in [1.29, 1.82) is 0 Å². The zero-order valence-corrected chi connectivity index (χ0v) is 26.2. The molecular formula is C33H43N7O4. The molecule has 0 radical (unpaired) electrons. The van der Waals surface area contributed by atoms with Crippen LogP contribution < -0.4 is 10.6 Å². The van der Waals surface area contributed by atoms with Crippen molar-refractivity contribution in [3.8, 4) is 5.69 Å². The Hall–Kier alpha value is -4.38. The fraction of sp³-hybridized carbons (Fsp3) is 0.455. The maximum Gasteiger partial charge on any atom is 0.407 e. The van der Waals surface area contributed by atoms with E-state index in [1.54, 1.807) is 30.7 Å². The molecule has 4 aromatic rings. The summed E-state index contributed by atoms with van der Waals surface area (Å²) in [7, 11) is 1.66. The average Bonchev–Trinajstić information content (AvgIpc) is 3.65. The molecule has 1 fully saturated rings. The molecule has 0 aliphatic heterocycles. The van der Waals surface area contributed by atoms with Crippen LogP contribution in [0, 0.1) is 0 Å². The number of imidazole rings is 1. The summed E-state index contributed by atoms with van der Waals surface area (Å²) in [5.41, 5.74) is 4.56. The fourth-order valence-electron chi connectivity index (χ4n) is 6.29. The van der Waals surface area contributed by atoms with Crippen molar-refractivity contribution in [2.45, 2.75) is 90.7 Å². The predicted octanol–water partition coefficient (Wildman–Crippen LogP) is 5.82. The Morgan fingerprint density at radius 1 is 1.14 bits per heavy atom. The Bertz CT molecular complexity index is 1580. The van der Waals surface area contributed by atoms with E-state index in [1.165, 1.54) is 0 Å². The molecular weight excluding hydrogens is 558 g/mol. The molecule has 3 aromatic heterocycles. The first-order valence-corrected chi connectivity index (χ1v) is 15.2. The van der Waals surface area contributed by atoms with Crippen LogP contribution in [0.2, 0.25) is 0 Å². The number of methoxy groups -OCH3 is 1. The number of carbonyl (C=O) groups excluding carboxylic acids is 1. The van der Waals surface area contributed by atoms with Crippen LogP contribution in [0.4, 0.5) is 10.5 Å². The van der Waals surface area contributed by atoms with Crippen molar-refractivity contribution >= 4 is 28.7 Å². The zero-order valence-electron chi connectivity index (χ0n) is 26.2. The third kappa shape index (κ3) is 6.57. The minimum absolute atomic E-state index is 0.0413. The van der Waals surface area contributed by atoms with E-state index in [0.29, 0.717) is 18.8 Å². The van der Waals surface area contributed by atoms with Crippen LogP contribution in [0.5, 0.6) is 0 Å². The van der Waals surface area contributed by atoms with E-state index in [-0.39, 0.29) is 18.0 Å². The summed E-state index contributed by atoms with van der Waals surface area (Å²) in [5.74, 6) is -0.211. The lowest BCUT2D eigenvalue weighted by Crippen LogP contribution is -2.52. The summed E-state index contributed by atoms with van der Waals surface area (Å²) >= 11 is 0. The summed E-state index contributed by atoms with van der Waals surface area (Å²) in [5, 5.41) is 17.6. The van der Waals surface area contributed by atoms with E-state index in [0.717, 1.165) is 65.8 Å². The second kappa shape index (κ2) is 13.1. The molecule has 11 heteroatoms. The first-order chi connectivity index (χ1) is 21.1. The summed E-state index contributed by atoms with van der Waals surface area (Å²) in [6, 6.07) is 10.1. The molecule has 11 nitrogen and oxygen atoms in total. The summed E-state index contributed by atoms with van der Waals surface area (Å²) in [6.45, 7) is 8.64. The van der Waals surface area contributed by atoms with Gasteiger partial charge in [0.1, 0.15) is 12.4 Å². The average molecular weight is 602 g/mol. The highest BCUT2D eigenvalue weighted by atomic mass is 16.5. The number of pyridine rings is 1. The highest BCUT2D eigenvalue weighted by Gasteiger charge is 2.36. The Kier molecular flexibility index (Phi) is 9.24. The molecule has 0 spiro atoms. The molecule has 234 valence electrons. The third-order valence-electron chi connectivity index (χ3n) is 8.40. The van der Waals surface area contributed by atoms with Crippen molar-refractivity contribution in [3.05, 3.63) is 72.1 Å². The Labute approximate surface area is 258 Å². The number of hydrogen-bond acceptors (Lipinski definition) is 6. The van der Waals surface area contributed by atoms with Gasteiger partial charge in [0, 0.05) is 66.6 Å². The number of nitrogens with zero attached hydrogens (tertiary/aromatic N) is 5. The lowest BCUT2D eigenvalue weighted by molar-refractivity contribution is 0.0556. The molecule has 0 atom stereocenters. The second-order valence-corrected chi connectivity index (χ2v) is 12.4. The van der Waals surface area contributed by atoms with Crippen LogP contribution in [0.15, 0.2) is 55.2 Å². The van der Waals surface area contributed by atoms with E-state index < -0.39 is 11.6 Å². The normalized spacial score (nSPS) is 17.0. The van der Waals surface area contributed by atoms with Gasteiger partial charge in [-0.2, -0.15) is 0 Å². The quantitative estimate of drug-likeness (QED) is 0.209. The molecule has 1 aromatic carbocycles. The third-order valence-corrected chi connectivity index (χ3v) is 8.40. The monoisotopic (exact) mass is 601 g/mol. The van der Waals surface area contributed by atoms with Crippen molar-refractivity contribution in [3.63, 3.8) is 0 Å². The standard InChI is InChI=1S/C33H43N7O4/c1-6-24-17-27-29(37-23-9-13-26(14-10-23)40(32(42)43)33(2,3)4)28(19-35-30(27)39(24)21-44-5)31(41)36-18-22-7-11-25(12-8-22)38-16-15-34-20-38/h7-8,11-12,15-17,19-20,23,26H,6,9-10,13-14,18,21H2,1-5H3,(H,35,37)(H,36,41)(H,42,43). The highest BCUT2D eigenvalue weighted by Crippen LogP contribution is 2.34. The number of carbonyl (C=O) groups is 2. The molecule has 3 N–H and O–H groups in total. The topological polar surface area (TPSA) is 127 Å². The lowest BCUT2D eigenvalue weighted by Gasteiger charge is -2.43. The minimum Gasteiger partial charge on any atom is -0.465 e. The van der Waals surface area contributed by atoms with Gasteiger partial charge < -0.3 is 34.5 Å². The van der Waals surface area contributed by atoms with Gasteiger partial charge in [-0.15, -0.1) is 0 Å². The molecule has 2 amide bonds. The number of aromatic nitrogens is 4. The Morgan fingerprint density at radius 2 is 1.86 bits per heavy atom. The smallest absolute Gasteiger partial charge is 0.407 e. The van der Waals surface area contributed by atoms with E-state index >= 15 is 0 Å². The van der Waals surface area contributed by atoms with E-state index in [1.807, 2.05) is 60.4 Å². The highest BCUT2D eigenvalue weighted by molar-refractivity contribution is 6.07. The molecule has 1 saturated carbocycles. The van der Waals surface area contributed by atoms with Gasteiger partial charge in [0.05, 0.1) is 17.6 Å². The molecule has 3 heterocycles. The van der Waals surface area contributed by atoms with Crippen LogP contribution >= 0.6 is 0 Å². The van der Waals surface area contributed by atoms with Gasteiger partial charge >= 0.3 is 6.09 Å². The Morgan fingerprint density at radius 3 is 2.45 bits per heavy atom. The maximum absolute atomic E-state index is 13.7. The van der Waals surface area contributed by atoms with Gasteiger partial charge in [0.15, 0.2) is 0 Å². The van der Waals surface area contributed by atoms with Gasteiger partial charge in [-0.05, 0) is 76.6 Å². The summed E-state index contributed by atoms with van der Waals surface area (Å²) in [6.07, 6.45) is 10.00. The van der Waals surface area contributed by atoms with Gasteiger partial charge in [0.25, 0.3) is 5.91 Å². The van der Waals surface area contributed by atoms with Crippen molar-refractivity contribution < 1.29 is 19.4 Å². The first-order valence-electron chi connectivity index (χ1n) is 15.2. The number of aryl methyl sites for hydroxylation is 1. The van der Waals surface area contributed by atoms with Crippen molar-refractivity contribution in [1.82, 2.24) is 29.3 Å². The number of fused-ring (bicyclic) bond motifs is 1. The van der Waals surface area contributed by atoms with Crippen LogP contribution in [0.1, 0.15) is 75.0 Å². The molecule has 1 aliphatic rings. The van der Waals surface area contributed by atoms with Crippen LogP contribution in [0.25, 0.3) is 16.7 Å². The molecule has 1 aliphatic carbocycles. The zero-order chi connectivity index (χ0) is 31.4. The summed E-state index contributed by atoms with van der Waals surface area (Å²) in [4.78, 5) is 36.2. The van der Waals surface area contributed by atoms with Gasteiger partial charge in [0.2, 0.25) is 0 Å². The van der Waals surface area contributed by atoms with E-state index in [4.69, 9.17) is 9.72 Å². The number of carboxylic acid groups (broad SMARTS) is 1. The SMILES string of the molecule is CCc1cc2c(NC3CCC(N(C(=O)O)C(C)(C)C)CC3)c(C(=O)NCc3ccc(-n4ccnc4)cc3)cnc2n1COC. The molecule has 0 unspecified atom stereocenters. The number of nitrogens with one attached hydrogen (secondary N) is 2. The number of amides is 2. The Balaban J connectivity index is 1.38. The number of anilines is 1. The first kappa shape index (κ1) is 31.1. The summed E-state index contributed by atoms with van der Waals surface area (Å²) < 4.78 is 9.44. The fourth-order valence-corrected chi connectivity index (χ4v) is 6.29. The van der Waals surface area contributed by atoms with Gasteiger partial charge in [-0.25, -0.2) is 14.8 Å². The maximum atomic E-state index is 13.7. The number of benzene rings is 1. The van der Waals surface area contributed by atoms with E-state index in [9.17, 15) is 14.7 Å². The number of rotatable bonds is 10. The van der Waals surface area contributed by atoms with Gasteiger partial charge in [-0.1, -0.05) is 19.1 Å². The van der Waals surface area contributed by atoms with Crippen LogP contribution in [-0.4, -0.2) is 65.8 Å². The largest absolute Gasteiger partial charge is 0.465 e. The minimum atomic E-state index is -0.883. The molecule has 5 rings (SSSR count).